The van der Waals surface area contributed by atoms with E-state index in [1.165, 1.54) is 23.5 Å². The summed E-state index contributed by atoms with van der Waals surface area (Å²) in [6, 6.07) is 20.0. The fourth-order valence-electron chi connectivity index (χ4n) is 4.59. The summed E-state index contributed by atoms with van der Waals surface area (Å²) in [6.45, 7) is 6.79. The first kappa shape index (κ1) is 17.4. The molecule has 2 saturated heterocycles. The molecule has 0 spiro atoms. The second-order valence-corrected chi connectivity index (χ2v) is 12.5. The zero-order chi connectivity index (χ0) is 17.7. The third-order valence-corrected chi connectivity index (χ3v) is 11.5. The number of hydrogen-bond donors (Lipinski definition) is 0. The van der Waals surface area contributed by atoms with E-state index in [9.17, 15) is 0 Å². The maximum atomic E-state index is 6.58. The van der Waals surface area contributed by atoms with Gasteiger partial charge < -0.3 is 0 Å². The maximum absolute atomic E-state index is 6.58. The van der Waals surface area contributed by atoms with Gasteiger partial charge in [0, 0.05) is 23.3 Å². The smallest absolute Gasteiger partial charge is 0.0861 e. The lowest BCUT2D eigenvalue weighted by atomic mass is 10.0. The molecule has 0 radical (unpaired) electrons. The van der Waals surface area contributed by atoms with Crippen LogP contribution in [0.5, 0.6) is 0 Å². The Morgan fingerprint density at radius 3 is 2.04 bits per heavy atom. The molecule has 132 valence electrons. The third kappa shape index (κ3) is 2.73. The van der Waals surface area contributed by atoms with E-state index in [1.54, 1.807) is 0 Å². The lowest BCUT2D eigenvalue weighted by Crippen LogP contribution is -2.41. The molecule has 0 amide bonds. The summed E-state index contributed by atoms with van der Waals surface area (Å²) in [5.41, 5.74) is 0.454. The van der Waals surface area contributed by atoms with Crippen LogP contribution >= 0.6 is 6.04 Å². The molecule has 2 nitrogen and oxygen atoms in total. The molecule has 2 fully saturated rings. The minimum absolute atomic E-state index is 0.0984. The first-order valence-corrected chi connectivity index (χ1v) is 12.0. The van der Waals surface area contributed by atoms with Crippen molar-refractivity contribution < 1.29 is 4.84 Å². The average molecular weight is 371 g/mol. The first-order valence-electron chi connectivity index (χ1n) is 9.12. The van der Waals surface area contributed by atoms with Crippen LogP contribution in [0.4, 0.5) is 0 Å². The largest absolute Gasteiger partial charge is 0.294 e. The van der Waals surface area contributed by atoms with Crippen molar-refractivity contribution in [3.63, 3.8) is 0 Å². The summed E-state index contributed by atoms with van der Waals surface area (Å²) in [7, 11) is 0. The minimum atomic E-state index is -1.99. The Balaban J connectivity index is 1.87. The molecular formula is C21H26NOPS. The third-order valence-electron chi connectivity index (χ3n) is 5.80. The van der Waals surface area contributed by atoms with Crippen molar-refractivity contribution in [1.29, 1.82) is 0 Å². The Morgan fingerprint density at radius 1 is 1.00 bits per heavy atom. The van der Waals surface area contributed by atoms with Crippen LogP contribution < -0.4 is 10.6 Å². The first-order chi connectivity index (χ1) is 11.9. The van der Waals surface area contributed by atoms with Crippen LogP contribution in [0.3, 0.4) is 0 Å². The summed E-state index contributed by atoms with van der Waals surface area (Å²) in [6.07, 6.45) is 2.48. The van der Waals surface area contributed by atoms with E-state index >= 15 is 0 Å². The molecule has 0 unspecified atom stereocenters. The van der Waals surface area contributed by atoms with Crippen LogP contribution in [-0.4, -0.2) is 28.4 Å². The molecule has 4 rings (SSSR count). The van der Waals surface area contributed by atoms with Gasteiger partial charge in [-0.25, -0.2) is 0 Å². The SMILES string of the molecule is C[C@H]1ON2[C@H](CCC2(C)C)[C@H]1P(=S)(c1ccccc1)c1ccccc1. The lowest BCUT2D eigenvalue weighted by Gasteiger charge is -2.34. The van der Waals surface area contributed by atoms with Gasteiger partial charge in [0.05, 0.1) is 6.10 Å². The van der Waals surface area contributed by atoms with Gasteiger partial charge >= 0.3 is 0 Å². The van der Waals surface area contributed by atoms with Crippen LogP contribution in [0.25, 0.3) is 0 Å². The Morgan fingerprint density at radius 2 is 1.52 bits per heavy atom. The topological polar surface area (TPSA) is 12.5 Å². The Labute approximate surface area is 156 Å². The number of hydroxylamine groups is 2. The van der Waals surface area contributed by atoms with Crippen LogP contribution in [0.2, 0.25) is 0 Å². The maximum Gasteiger partial charge on any atom is 0.0861 e. The minimum Gasteiger partial charge on any atom is -0.294 e. The molecule has 3 atom stereocenters. The zero-order valence-electron chi connectivity index (χ0n) is 15.1. The second kappa shape index (κ2) is 6.32. The molecule has 2 aromatic carbocycles. The summed E-state index contributed by atoms with van der Waals surface area (Å²) < 4.78 is 0. The molecule has 0 saturated carbocycles. The standard InChI is InChI=1S/C21H26NOPS/c1-16-20(19-14-15-21(2,3)22(19)23-16)24(25,17-10-6-4-7-11-17)18-12-8-5-9-13-18/h4-13,16,19-20H,14-15H2,1-3H3/t16-,19-,20+/m1/s1. The number of hydrogen-bond acceptors (Lipinski definition) is 3. The van der Waals surface area contributed by atoms with Gasteiger partial charge in [-0.2, -0.15) is 5.06 Å². The Bertz CT molecular complexity index is 749. The molecule has 0 aromatic heterocycles. The van der Waals surface area contributed by atoms with Crippen LogP contribution in [-0.2, 0) is 16.6 Å². The number of fused-ring (bicyclic) bond motifs is 1. The summed E-state index contributed by atoms with van der Waals surface area (Å²) in [4.78, 5) is 6.40. The molecule has 2 aliphatic heterocycles. The Kier molecular flexibility index (Phi) is 4.40. The van der Waals surface area contributed by atoms with E-state index < -0.39 is 6.04 Å². The molecule has 4 heteroatoms. The highest BCUT2D eigenvalue weighted by Gasteiger charge is 2.56. The van der Waals surface area contributed by atoms with Gasteiger partial charge in [0.2, 0.25) is 0 Å². The number of nitrogens with zero attached hydrogens (tertiary/aromatic N) is 1. The monoisotopic (exact) mass is 371 g/mol. The normalized spacial score (nSPS) is 28.8. The predicted molar refractivity (Wildman–Crippen MR) is 110 cm³/mol. The quantitative estimate of drug-likeness (QED) is 0.755. The van der Waals surface area contributed by atoms with Gasteiger partial charge in [-0.15, -0.1) is 0 Å². The molecule has 0 N–H and O–H groups in total. The molecule has 0 bridgehead atoms. The molecule has 2 aromatic rings. The molecule has 2 heterocycles. The van der Waals surface area contributed by atoms with Crippen molar-refractivity contribution in [2.75, 3.05) is 0 Å². The van der Waals surface area contributed by atoms with Crippen molar-refractivity contribution in [3.05, 3.63) is 60.7 Å². The van der Waals surface area contributed by atoms with Gasteiger partial charge in [0.25, 0.3) is 0 Å². The van der Waals surface area contributed by atoms with Crippen LogP contribution in [0, 0.1) is 0 Å². The van der Waals surface area contributed by atoms with E-state index in [0.717, 1.165) is 0 Å². The number of rotatable bonds is 3. The summed E-state index contributed by atoms with van der Waals surface area (Å²) in [5, 5.41) is 4.89. The summed E-state index contributed by atoms with van der Waals surface area (Å²) >= 11 is 6.58. The fourth-order valence-corrected chi connectivity index (χ4v) is 9.88. The van der Waals surface area contributed by atoms with Gasteiger partial charge in [0.1, 0.15) is 0 Å². The highest BCUT2D eigenvalue weighted by Crippen LogP contribution is 2.58. The number of benzene rings is 2. The van der Waals surface area contributed by atoms with Crippen molar-refractivity contribution in [3.8, 4) is 0 Å². The van der Waals surface area contributed by atoms with Gasteiger partial charge in [-0.3, -0.25) is 4.84 Å². The van der Waals surface area contributed by atoms with E-state index in [-0.39, 0.29) is 11.6 Å². The van der Waals surface area contributed by atoms with Crippen LogP contribution in [0.1, 0.15) is 33.6 Å². The average Bonchev–Trinajstić information content (AvgIpc) is 3.12. The van der Waals surface area contributed by atoms with Crippen molar-refractivity contribution >= 4 is 28.5 Å². The summed E-state index contributed by atoms with van der Waals surface area (Å²) in [5.74, 6) is 0. The molecular weight excluding hydrogens is 345 g/mol. The predicted octanol–water partition coefficient (Wildman–Crippen LogP) is 4.06. The highest BCUT2D eigenvalue weighted by molar-refractivity contribution is 8.22. The fraction of sp³-hybridized carbons (Fsp3) is 0.429. The van der Waals surface area contributed by atoms with Crippen LogP contribution in [0.15, 0.2) is 60.7 Å². The van der Waals surface area contributed by atoms with Crippen molar-refractivity contribution in [2.24, 2.45) is 0 Å². The molecule has 0 aliphatic carbocycles. The van der Waals surface area contributed by atoms with E-state index in [4.69, 9.17) is 16.6 Å². The van der Waals surface area contributed by atoms with Crippen molar-refractivity contribution in [1.82, 2.24) is 5.06 Å². The van der Waals surface area contributed by atoms with Gasteiger partial charge in [0.15, 0.2) is 0 Å². The highest BCUT2D eigenvalue weighted by atomic mass is 32.4. The van der Waals surface area contributed by atoms with E-state index in [2.05, 4.69) is 86.5 Å². The van der Waals surface area contributed by atoms with E-state index in [0.29, 0.717) is 11.7 Å². The van der Waals surface area contributed by atoms with Crippen molar-refractivity contribution in [2.45, 2.75) is 57.0 Å². The lowest BCUT2D eigenvalue weighted by molar-refractivity contribution is -0.193. The second-order valence-electron chi connectivity index (χ2n) is 7.87. The molecule has 25 heavy (non-hydrogen) atoms. The van der Waals surface area contributed by atoms with E-state index in [1.807, 2.05) is 0 Å². The zero-order valence-corrected chi connectivity index (χ0v) is 16.8. The Hall–Kier alpha value is -0.990. The van der Waals surface area contributed by atoms with Gasteiger partial charge in [-0.1, -0.05) is 72.5 Å². The van der Waals surface area contributed by atoms with Gasteiger partial charge in [-0.05, 0) is 44.2 Å². The molecule has 2 aliphatic rings.